The Kier molecular flexibility index (Phi) is 5.02. The van der Waals surface area contributed by atoms with E-state index < -0.39 is 11.4 Å². The number of fused-ring (bicyclic) bond motifs is 3. The molecule has 1 amide bonds. The standard InChI is InChI=1S/C20H22BrClFN3O2/c1-20(2,3)28-19(27)26-11-4-5-12(26)9-10(8-11)16-13-6-7-14(21)15(23)17(13)25-18(22)24-16/h6-7,10-12H,4-5,8-9H2,1-3H3. The van der Waals surface area contributed by atoms with Crippen molar-refractivity contribution >= 4 is 44.5 Å². The van der Waals surface area contributed by atoms with Crippen molar-refractivity contribution < 1.29 is 13.9 Å². The van der Waals surface area contributed by atoms with Crippen LogP contribution in [0.15, 0.2) is 16.6 Å². The summed E-state index contributed by atoms with van der Waals surface area (Å²) in [5.41, 5.74) is 0.475. The minimum absolute atomic E-state index is 0.0430. The third kappa shape index (κ3) is 3.59. The minimum atomic E-state index is -0.519. The predicted molar refractivity (Wildman–Crippen MR) is 109 cm³/mol. The van der Waals surface area contributed by atoms with Crippen LogP contribution < -0.4 is 0 Å². The fourth-order valence-corrected chi connectivity index (χ4v) is 4.95. The molecule has 3 heterocycles. The summed E-state index contributed by atoms with van der Waals surface area (Å²) in [7, 11) is 0. The van der Waals surface area contributed by atoms with Crippen LogP contribution in [-0.4, -0.2) is 38.6 Å². The Morgan fingerprint density at radius 2 is 1.89 bits per heavy atom. The summed E-state index contributed by atoms with van der Waals surface area (Å²) in [6.45, 7) is 5.63. The van der Waals surface area contributed by atoms with Gasteiger partial charge in [-0.1, -0.05) is 0 Å². The van der Waals surface area contributed by atoms with Gasteiger partial charge < -0.3 is 9.64 Å². The molecule has 0 radical (unpaired) electrons. The summed E-state index contributed by atoms with van der Waals surface area (Å²) in [6.07, 6.45) is 3.15. The molecule has 2 saturated heterocycles. The van der Waals surface area contributed by atoms with Gasteiger partial charge in [0.15, 0.2) is 5.82 Å². The lowest BCUT2D eigenvalue weighted by molar-refractivity contribution is 0.00575. The zero-order valence-electron chi connectivity index (χ0n) is 16.0. The second kappa shape index (κ2) is 7.10. The molecule has 5 nitrogen and oxygen atoms in total. The molecule has 2 aromatic rings. The highest BCUT2D eigenvalue weighted by atomic mass is 79.9. The summed E-state index contributed by atoms with van der Waals surface area (Å²) in [5, 5.41) is 0.724. The first kappa shape index (κ1) is 19.8. The molecule has 0 N–H and O–H groups in total. The van der Waals surface area contributed by atoms with Gasteiger partial charge in [0.25, 0.3) is 0 Å². The number of rotatable bonds is 1. The summed E-state index contributed by atoms with van der Waals surface area (Å²) < 4.78 is 20.5. The molecule has 28 heavy (non-hydrogen) atoms. The molecule has 2 unspecified atom stereocenters. The van der Waals surface area contributed by atoms with Gasteiger partial charge in [0.1, 0.15) is 11.1 Å². The van der Waals surface area contributed by atoms with Crippen molar-refractivity contribution in [1.82, 2.24) is 14.9 Å². The molecule has 0 aliphatic carbocycles. The predicted octanol–water partition coefficient (Wildman–Crippen LogP) is 5.83. The Hall–Kier alpha value is -1.47. The number of aromatic nitrogens is 2. The Morgan fingerprint density at radius 3 is 2.50 bits per heavy atom. The highest BCUT2D eigenvalue weighted by Gasteiger charge is 2.45. The van der Waals surface area contributed by atoms with E-state index >= 15 is 0 Å². The lowest BCUT2D eigenvalue weighted by atomic mass is 9.86. The van der Waals surface area contributed by atoms with Crippen LogP contribution in [0.25, 0.3) is 10.9 Å². The fraction of sp³-hybridized carbons (Fsp3) is 0.550. The Bertz CT molecular complexity index is 935. The monoisotopic (exact) mass is 469 g/mol. The van der Waals surface area contributed by atoms with Crippen molar-refractivity contribution in [2.24, 2.45) is 0 Å². The number of hydrogen-bond donors (Lipinski definition) is 0. The van der Waals surface area contributed by atoms with Gasteiger partial charge in [-0.25, -0.2) is 19.2 Å². The van der Waals surface area contributed by atoms with E-state index in [1.807, 2.05) is 31.7 Å². The highest BCUT2D eigenvalue weighted by molar-refractivity contribution is 9.10. The van der Waals surface area contributed by atoms with E-state index in [9.17, 15) is 9.18 Å². The molecule has 0 spiro atoms. The lowest BCUT2D eigenvalue weighted by Crippen LogP contribution is -2.48. The Labute approximate surface area is 176 Å². The molecule has 2 aliphatic rings. The normalized spacial score (nSPS) is 24.6. The first-order valence-corrected chi connectivity index (χ1v) is 10.6. The number of halogens is 3. The largest absolute Gasteiger partial charge is 0.444 e. The van der Waals surface area contributed by atoms with Crippen molar-refractivity contribution in [1.29, 1.82) is 0 Å². The quantitative estimate of drug-likeness (QED) is 0.492. The van der Waals surface area contributed by atoms with E-state index in [4.69, 9.17) is 16.3 Å². The number of hydrogen-bond acceptors (Lipinski definition) is 4. The average molecular weight is 471 g/mol. The molecule has 2 bridgehead atoms. The van der Waals surface area contributed by atoms with Crippen LogP contribution in [0, 0.1) is 5.82 Å². The summed E-state index contributed by atoms with van der Waals surface area (Å²) in [4.78, 5) is 23.1. The topological polar surface area (TPSA) is 55.3 Å². The van der Waals surface area contributed by atoms with Crippen molar-refractivity contribution in [2.45, 2.75) is 70.1 Å². The summed E-state index contributed by atoms with van der Waals surface area (Å²) in [6, 6.07) is 3.70. The van der Waals surface area contributed by atoms with Gasteiger partial charge in [-0.15, -0.1) is 0 Å². The first-order chi connectivity index (χ1) is 13.1. The number of carbonyl (C=O) groups excluding carboxylic acids is 1. The zero-order chi connectivity index (χ0) is 20.2. The van der Waals surface area contributed by atoms with Crippen LogP contribution in [0.4, 0.5) is 9.18 Å². The molecule has 0 saturated carbocycles. The van der Waals surface area contributed by atoms with Gasteiger partial charge in [-0.3, -0.25) is 0 Å². The average Bonchev–Trinajstić information content (AvgIpc) is 2.87. The van der Waals surface area contributed by atoms with Crippen molar-refractivity contribution in [3.05, 3.63) is 33.4 Å². The molecule has 2 fully saturated rings. The van der Waals surface area contributed by atoms with Gasteiger partial charge in [-0.2, -0.15) is 0 Å². The van der Waals surface area contributed by atoms with E-state index in [1.165, 1.54) is 0 Å². The highest BCUT2D eigenvalue weighted by Crippen LogP contribution is 2.45. The Morgan fingerprint density at radius 1 is 1.25 bits per heavy atom. The maximum atomic E-state index is 14.6. The van der Waals surface area contributed by atoms with Crippen LogP contribution in [0.5, 0.6) is 0 Å². The van der Waals surface area contributed by atoms with Crippen molar-refractivity contribution in [2.75, 3.05) is 0 Å². The maximum Gasteiger partial charge on any atom is 0.410 e. The van der Waals surface area contributed by atoms with E-state index in [0.717, 1.165) is 31.4 Å². The zero-order valence-corrected chi connectivity index (χ0v) is 18.3. The third-order valence-electron chi connectivity index (χ3n) is 5.49. The second-order valence-corrected chi connectivity index (χ2v) is 9.77. The molecule has 1 aromatic carbocycles. The maximum absolute atomic E-state index is 14.6. The third-order valence-corrected chi connectivity index (χ3v) is 6.27. The van der Waals surface area contributed by atoms with Gasteiger partial charge in [-0.05, 0) is 86.1 Å². The number of nitrogens with zero attached hydrogens (tertiary/aromatic N) is 3. The smallest absolute Gasteiger partial charge is 0.410 e. The molecular formula is C20H22BrClFN3O2. The molecule has 2 atom stereocenters. The lowest BCUT2D eigenvalue weighted by Gasteiger charge is -2.39. The molecule has 8 heteroatoms. The van der Waals surface area contributed by atoms with E-state index in [0.29, 0.717) is 9.86 Å². The van der Waals surface area contributed by atoms with Crippen molar-refractivity contribution in [3.8, 4) is 0 Å². The molecule has 1 aromatic heterocycles. The van der Waals surface area contributed by atoms with Crippen LogP contribution in [0.1, 0.15) is 58.1 Å². The van der Waals surface area contributed by atoms with Gasteiger partial charge in [0, 0.05) is 23.4 Å². The first-order valence-electron chi connectivity index (χ1n) is 9.46. The van der Waals surface area contributed by atoms with Crippen LogP contribution >= 0.6 is 27.5 Å². The summed E-state index contributed by atoms with van der Waals surface area (Å²) >= 11 is 9.32. The number of piperidine rings is 1. The van der Waals surface area contributed by atoms with Crippen LogP contribution in [-0.2, 0) is 4.74 Å². The molecule has 4 rings (SSSR count). The van der Waals surface area contributed by atoms with Gasteiger partial charge in [0.05, 0.1) is 10.2 Å². The Balaban J connectivity index is 1.65. The summed E-state index contributed by atoms with van der Waals surface area (Å²) in [5.74, 6) is -0.336. The van der Waals surface area contributed by atoms with E-state index in [1.54, 1.807) is 6.07 Å². The molecule has 150 valence electrons. The van der Waals surface area contributed by atoms with Crippen LogP contribution in [0.3, 0.4) is 0 Å². The number of amides is 1. The second-order valence-electron chi connectivity index (χ2n) is 8.58. The molecule has 2 aliphatic heterocycles. The fourth-order valence-electron chi connectivity index (χ4n) is 4.46. The number of ether oxygens (including phenoxy) is 1. The van der Waals surface area contributed by atoms with Crippen molar-refractivity contribution in [3.63, 3.8) is 0 Å². The van der Waals surface area contributed by atoms with E-state index in [2.05, 4.69) is 25.9 Å². The van der Waals surface area contributed by atoms with Gasteiger partial charge >= 0.3 is 6.09 Å². The number of benzene rings is 1. The van der Waals surface area contributed by atoms with E-state index in [-0.39, 0.29) is 34.9 Å². The minimum Gasteiger partial charge on any atom is -0.444 e. The SMILES string of the molecule is CC(C)(C)OC(=O)N1C2CCC1CC(c1nc(Cl)nc3c(F)c(Br)ccc13)C2. The number of carbonyl (C=O) groups is 1. The molecular weight excluding hydrogens is 449 g/mol. The van der Waals surface area contributed by atoms with Crippen LogP contribution in [0.2, 0.25) is 5.28 Å². The van der Waals surface area contributed by atoms with Gasteiger partial charge in [0.2, 0.25) is 5.28 Å².